The largest absolute Gasteiger partial charge is 0.481 e. The van der Waals surface area contributed by atoms with Crippen molar-refractivity contribution < 1.29 is 18.3 Å². The van der Waals surface area contributed by atoms with Gasteiger partial charge in [-0.1, -0.05) is 18.2 Å². The molecule has 19 heavy (non-hydrogen) atoms. The van der Waals surface area contributed by atoms with Crippen molar-refractivity contribution >= 4 is 21.4 Å². The summed E-state index contributed by atoms with van der Waals surface area (Å²) in [7, 11) is -3.31. The van der Waals surface area contributed by atoms with Crippen molar-refractivity contribution in [2.24, 2.45) is 0 Å². The van der Waals surface area contributed by atoms with Crippen molar-refractivity contribution in [2.45, 2.75) is 37.3 Å². The highest BCUT2D eigenvalue weighted by molar-refractivity contribution is 7.92. The Labute approximate surface area is 113 Å². The lowest BCUT2D eigenvalue weighted by atomic mass is 10.1. The number of rotatable bonds is 5. The van der Waals surface area contributed by atoms with Gasteiger partial charge in [-0.15, -0.1) is 0 Å². The number of carbonyl (C=O) groups is 1. The van der Waals surface area contributed by atoms with Gasteiger partial charge in [0.25, 0.3) is 0 Å². The summed E-state index contributed by atoms with van der Waals surface area (Å²) in [6, 6.07) is 6.59. The van der Waals surface area contributed by atoms with E-state index in [-0.39, 0.29) is 11.3 Å². The molecule has 1 rings (SSSR count). The highest BCUT2D eigenvalue weighted by Crippen LogP contribution is 2.21. The fourth-order valence-corrected chi connectivity index (χ4v) is 2.65. The molecule has 1 aromatic rings. The topological polar surface area (TPSA) is 71.4 Å². The Morgan fingerprint density at radius 1 is 1.37 bits per heavy atom. The molecule has 0 saturated carbocycles. The first kappa shape index (κ1) is 15.4. The van der Waals surface area contributed by atoms with Gasteiger partial charge in [0.05, 0.1) is 16.6 Å². The number of carboxylic acids is 1. The Bertz CT molecular complexity index is 598. The maximum absolute atomic E-state index is 12.1. The number of hydrogen-bond acceptors (Lipinski definition) is 3. The van der Waals surface area contributed by atoms with Crippen LogP contribution in [0.25, 0.3) is 5.57 Å². The lowest BCUT2D eigenvalue weighted by molar-refractivity contribution is -0.135. The van der Waals surface area contributed by atoms with Crippen LogP contribution in [0.15, 0.2) is 35.2 Å². The zero-order chi connectivity index (χ0) is 14.6. The number of hydrogen-bond donors (Lipinski definition) is 1. The number of allylic oxidation sites excluding steroid dienone is 1. The molecule has 0 heterocycles. The molecule has 0 radical (unpaired) electrons. The van der Waals surface area contributed by atoms with Gasteiger partial charge in [-0.2, -0.15) is 0 Å². The highest BCUT2D eigenvalue weighted by Gasteiger charge is 2.19. The molecule has 1 N–H and O–H groups in total. The third-order valence-corrected chi connectivity index (χ3v) is 4.97. The molecule has 4 nitrogen and oxygen atoms in total. The second kappa shape index (κ2) is 6.02. The van der Waals surface area contributed by atoms with Crippen LogP contribution in [0.1, 0.15) is 32.8 Å². The fourth-order valence-electron chi connectivity index (χ4n) is 1.55. The number of aliphatic carboxylic acids is 1. The van der Waals surface area contributed by atoms with E-state index in [1.807, 2.05) is 0 Å². The lowest BCUT2D eigenvalue weighted by Gasteiger charge is -2.09. The molecule has 5 heteroatoms. The SMILES string of the molecule is C/C(=C\CC(=O)O)c1cccc(S(=O)(=O)C(C)C)c1. The van der Waals surface area contributed by atoms with Gasteiger partial charge < -0.3 is 5.11 Å². The third-order valence-electron chi connectivity index (χ3n) is 2.82. The summed E-state index contributed by atoms with van der Waals surface area (Å²) in [5.41, 5.74) is 1.48. The Morgan fingerprint density at radius 3 is 2.53 bits per heavy atom. The van der Waals surface area contributed by atoms with Crippen LogP contribution >= 0.6 is 0 Å². The lowest BCUT2D eigenvalue weighted by Crippen LogP contribution is -2.14. The maximum Gasteiger partial charge on any atom is 0.307 e. The number of sulfone groups is 1. The first-order valence-corrected chi connectivity index (χ1v) is 7.52. The van der Waals surface area contributed by atoms with E-state index in [2.05, 4.69) is 0 Å². The zero-order valence-electron chi connectivity index (χ0n) is 11.3. The average molecular weight is 282 g/mol. The van der Waals surface area contributed by atoms with Crippen LogP contribution in [0.2, 0.25) is 0 Å². The van der Waals surface area contributed by atoms with Crippen LogP contribution in [-0.4, -0.2) is 24.7 Å². The summed E-state index contributed by atoms with van der Waals surface area (Å²) in [6.07, 6.45) is 1.50. The molecule has 0 aliphatic rings. The summed E-state index contributed by atoms with van der Waals surface area (Å²) in [6.45, 7) is 5.04. The van der Waals surface area contributed by atoms with E-state index in [1.54, 1.807) is 51.1 Å². The van der Waals surface area contributed by atoms with Crippen LogP contribution in [0.3, 0.4) is 0 Å². The van der Waals surface area contributed by atoms with Crippen LogP contribution in [-0.2, 0) is 14.6 Å². The van der Waals surface area contributed by atoms with Gasteiger partial charge in [0.15, 0.2) is 9.84 Å². The fraction of sp³-hybridized carbons (Fsp3) is 0.357. The van der Waals surface area contributed by atoms with Gasteiger partial charge in [-0.3, -0.25) is 4.79 Å². The van der Waals surface area contributed by atoms with Crippen LogP contribution in [0.4, 0.5) is 0 Å². The van der Waals surface area contributed by atoms with Gasteiger partial charge in [-0.25, -0.2) is 8.42 Å². The minimum absolute atomic E-state index is 0.0764. The predicted molar refractivity (Wildman–Crippen MR) is 74.7 cm³/mol. The number of carboxylic acid groups (broad SMARTS) is 1. The molecule has 0 atom stereocenters. The van der Waals surface area contributed by atoms with Crippen molar-refractivity contribution in [3.8, 4) is 0 Å². The molecule has 104 valence electrons. The van der Waals surface area contributed by atoms with Crippen molar-refractivity contribution in [3.05, 3.63) is 35.9 Å². The summed E-state index contributed by atoms with van der Waals surface area (Å²) in [5.74, 6) is -0.912. The Morgan fingerprint density at radius 2 is 2.00 bits per heavy atom. The molecule has 0 amide bonds. The third kappa shape index (κ3) is 3.92. The monoisotopic (exact) mass is 282 g/mol. The van der Waals surface area contributed by atoms with Crippen molar-refractivity contribution in [1.29, 1.82) is 0 Å². The quantitative estimate of drug-likeness (QED) is 0.901. The van der Waals surface area contributed by atoms with E-state index in [0.717, 1.165) is 11.1 Å². The summed E-state index contributed by atoms with van der Waals surface area (Å²) in [5, 5.41) is 8.14. The van der Waals surface area contributed by atoms with Crippen molar-refractivity contribution in [2.75, 3.05) is 0 Å². The number of benzene rings is 1. The predicted octanol–water partition coefficient (Wildman–Crippen LogP) is 2.75. The molecule has 0 fully saturated rings. The van der Waals surface area contributed by atoms with Crippen molar-refractivity contribution in [3.63, 3.8) is 0 Å². The van der Waals surface area contributed by atoms with Gasteiger partial charge in [-0.05, 0) is 44.0 Å². The standard InChI is InChI=1S/C14H18O4S/c1-10(2)19(17,18)13-6-4-5-12(9-13)11(3)7-8-14(15)16/h4-7,9-10H,8H2,1-3H3,(H,15,16)/b11-7+. The van der Waals surface area contributed by atoms with E-state index in [4.69, 9.17) is 5.11 Å². The van der Waals surface area contributed by atoms with Gasteiger partial charge in [0.2, 0.25) is 0 Å². The molecule has 0 unspecified atom stereocenters. The van der Waals surface area contributed by atoms with E-state index in [9.17, 15) is 13.2 Å². The summed E-state index contributed by atoms with van der Waals surface area (Å²) in [4.78, 5) is 10.8. The minimum Gasteiger partial charge on any atom is -0.481 e. The van der Waals surface area contributed by atoms with Gasteiger partial charge >= 0.3 is 5.97 Å². The van der Waals surface area contributed by atoms with E-state index in [1.165, 1.54) is 0 Å². The average Bonchev–Trinajstić information content (AvgIpc) is 2.35. The molecular weight excluding hydrogens is 264 g/mol. The minimum atomic E-state index is -3.31. The van der Waals surface area contributed by atoms with E-state index >= 15 is 0 Å². The van der Waals surface area contributed by atoms with Crippen LogP contribution < -0.4 is 0 Å². The van der Waals surface area contributed by atoms with E-state index < -0.39 is 21.1 Å². The van der Waals surface area contributed by atoms with Gasteiger partial charge in [0.1, 0.15) is 0 Å². The molecular formula is C14H18O4S. The first-order chi connectivity index (χ1) is 8.75. The van der Waals surface area contributed by atoms with Crippen LogP contribution in [0.5, 0.6) is 0 Å². The molecule has 0 aliphatic heterocycles. The Hall–Kier alpha value is -1.62. The van der Waals surface area contributed by atoms with Crippen LogP contribution in [0, 0.1) is 0 Å². The normalized spacial score (nSPS) is 12.7. The Kier molecular flexibility index (Phi) is 4.89. The first-order valence-electron chi connectivity index (χ1n) is 5.98. The maximum atomic E-state index is 12.1. The van der Waals surface area contributed by atoms with Gasteiger partial charge in [0, 0.05) is 0 Å². The molecule has 1 aromatic carbocycles. The summed E-state index contributed by atoms with van der Waals surface area (Å²) < 4.78 is 24.1. The highest BCUT2D eigenvalue weighted by atomic mass is 32.2. The summed E-state index contributed by atoms with van der Waals surface area (Å²) >= 11 is 0. The second-order valence-corrected chi connectivity index (χ2v) is 7.11. The van der Waals surface area contributed by atoms with E-state index in [0.29, 0.717) is 0 Å². The Balaban J connectivity index is 3.15. The molecule has 0 aliphatic carbocycles. The second-order valence-electron chi connectivity index (χ2n) is 4.61. The zero-order valence-corrected chi connectivity index (χ0v) is 12.1. The molecule has 0 saturated heterocycles. The smallest absolute Gasteiger partial charge is 0.307 e. The van der Waals surface area contributed by atoms with Crippen molar-refractivity contribution in [1.82, 2.24) is 0 Å². The molecule has 0 aromatic heterocycles. The molecule has 0 spiro atoms. The molecule has 0 bridgehead atoms.